The highest BCUT2D eigenvalue weighted by molar-refractivity contribution is 7.22. The van der Waals surface area contributed by atoms with E-state index in [-0.39, 0.29) is 18.2 Å². The number of rotatable bonds is 6. The Balaban J connectivity index is 1.67. The fraction of sp³-hybridized carbons (Fsp3) is 0.211. The number of hydrogen-bond acceptors (Lipinski definition) is 5. The second-order valence-electron chi connectivity index (χ2n) is 5.68. The van der Waals surface area contributed by atoms with E-state index in [4.69, 9.17) is 4.74 Å². The van der Waals surface area contributed by atoms with E-state index in [0.29, 0.717) is 11.6 Å². The number of aromatic nitrogens is 1. The Morgan fingerprint density at radius 2 is 1.85 bits per heavy atom. The minimum atomic E-state index is -0.0986. The van der Waals surface area contributed by atoms with Crippen molar-refractivity contribution in [3.8, 4) is 5.75 Å². The lowest BCUT2D eigenvalue weighted by atomic mass is 10.1. The van der Waals surface area contributed by atoms with E-state index < -0.39 is 0 Å². The summed E-state index contributed by atoms with van der Waals surface area (Å²) >= 11 is 1.40. The molecular formula is C19H19N3O3S. The Hall–Kier alpha value is -2.93. The van der Waals surface area contributed by atoms with Crippen LogP contribution in [0, 0.1) is 0 Å². The molecule has 0 atom stereocenters. The van der Waals surface area contributed by atoms with E-state index in [9.17, 15) is 9.59 Å². The molecule has 0 aliphatic carbocycles. The van der Waals surface area contributed by atoms with Crippen molar-refractivity contribution in [2.45, 2.75) is 19.8 Å². The Labute approximate surface area is 155 Å². The van der Waals surface area contributed by atoms with Crippen molar-refractivity contribution in [2.24, 2.45) is 0 Å². The number of carbonyl (C=O) groups excluding carboxylic acids is 2. The molecule has 3 rings (SSSR count). The van der Waals surface area contributed by atoms with Crippen LogP contribution in [0.2, 0.25) is 0 Å². The number of hydrogen-bond donors (Lipinski definition) is 2. The third-order valence-electron chi connectivity index (χ3n) is 3.76. The maximum Gasteiger partial charge on any atom is 0.228 e. The molecule has 0 bridgehead atoms. The number of nitrogens with zero attached hydrogens (tertiary/aromatic N) is 1. The predicted molar refractivity (Wildman–Crippen MR) is 104 cm³/mol. The number of carbonyl (C=O) groups is 2. The van der Waals surface area contributed by atoms with E-state index in [2.05, 4.69) is 15.6 Å². The van der Waals surface area contributed by atoms with Crippen LogP contribution in [0.3, 0.4) is 0 Å². The van der Waals surface area contributed by atoms with Crippen molar-refractivity contribution < 1.29 is 14.3 Å². The fourth-order valence-electron chi connectivity index (χ4n) is 2.41. The van der Waals surface area contributed by atoms with Crippen LogP contribution in [0.25, 0.3) is 10.2 Å². The molecule has 0 saturated carbocycles. The highest BCUT2D eigenvalue weighted by atomic mass is 32.1. The molecule has 0 fully saturated rings. The lowest BCUT2D eigenvalue weighted by molar-refractivity contribution is -0.116. The topological polar surface area (TPSA) is 80.3 Å². The number of nitrogens with one attached hydrogen (secondary N) is 2. The minimum absolute atomic E-state index is 0.0665. The van der Waals surface area contributed by atoms with Crippen LogP contribution in [0.15, 0.2) is 42.5 Å². The van der Waals surface area contributed by atoms with Gasteiger partial charge in [-0.25, -0.2) is 4.98 Å². The lowest BCUT2D eigenvalue weighted by Gasteiger charge is -2.06. The molecule has 0 saturated heterocycles. The van der Waals surface area contributed by atoms with E-state index in [0.717, 1.165) is 27.2 Å². The Kier molecular flexibility index (Phi) is 5.48. The van der Waals surface area contributed by atoms with Crippen LogP contribution in [0.1, 0.15) is 18.9 Å². The van der Waals surface area contributed by atoms with Gasteiger partial charge >= 0.3 is 0 Å². The van der Waals surface area contributed by atoms with Crippen LogP contribution < -0.4 is 15.4 Å². The summed E-state index contributed by atoms with van der Waals surface area (Å²) in [5, 5.41) is 6.20. The molecule has 2 N–H and O–H groups in total. The van der Waals surface area contributed by atoms with Crippen LogP contribution in [0.4, 0.5) is 10.8 Å². The van der Waals surface area contributed by atoms with Crippen molar-refractivity contribution in [1.29, 1.82) is 0 Å². The lowest BCUT2D eigenvalue weighted by Crippen LogP contribution is -2.14. The molecule has 7 heteroatoms. The average molecular weight is 369 g/mol. The van der Waals surface area contributed by atoms with Gasteiger partial charge in [0.15, 0.2) is 5.13 Å². The molecule has 0 spiro atoms. The summed E-state index contributed by atoms with van der Waals surface area (Å²) in [7, 11) is 1.60. The Morgan fingerprint density at radius 1 is 1.08 bits per heavy atom. The van der Waals surface area contributed by atoms with Gasteiger partial charge in [0.2, 0.25) is 11.8 Å². The van der Waals surface area contributed by atoms with Crippen LogP contribution in [-0.2, 0) is 16.0 Å². The van der Waals surface area contributed by atoms with Gasteiger partial charge in [0.25, 0.3) is 0 Å². The predicted octanol–water partition coefficient (Wildman–Crippen LogP) is 3.83. The maximum absolute atomic E-state index is 12.3. The summed E-state index contributed by atoms with van der Waals surface area (Å²) in [6.45, 7) is 1.79. The van der Waals surface area contributed by atoms with Crippen molar-refractivity contribution in [1.82, 2.24) is 4.98 Å². The largest absolute Gasteiger partial charge is 0.497 e. The first-order valence-corrected chi connectivity index (χ1v) is 9.02. The molecule has 0 unspecified atom stereocenters. The molecule has 0 radical (unpaired) electrons. The van der Waals surface area contributed by atoms with Crippen molar-refractivity contribution in [2.75, 3.05) is 17.7 Å². The molecular weight excluding hydrogens is 350 g/mol. The number of ether oxygens (including phenoxy) is 1. The fourth-order valence-corrected chi connectivity index (χ4v) is 3.35. The van der Waals surface area contributed by atoms with Gasteiger partial charge in [-0.3, -0.25) is 9.59 Å². The summed E-state index contributed by atoms with van der Waals surface area (Å²) in [5.74, 6) is 0.575. The first kappa shape index (κ1) is 17.9. The normalized spacial score (nSPS) is 10.5. The molecule has 134 valence electrons. The van der Waals surface area contributed by atoms with Gasteiger partial charge in [-0.05, 0) is 42.0 Å². The van der Waals surface area contributed by atoms with Gasteiger partial charge in [-0.1, -0.05) is 24.3 Å². The highest BCUT2D eigenvalue weighted by Gasteiger charge is 2.09. The van der Waals surface area contributed by atoms with Crippen molar-refractivity contribution >= 4 is 44.2 Å². The molecule has 0 aliphatic heterocycles. The smallest absolute Gasteiger partial charge is 0.228 e. The quantitative estimate of drug-likeness (QED) is 0.692. The van der Waals surface area contributed by atoms with Gasteiger partial charge in [-0.15, -0.1) is 0 Å². The van der Waals surface area contributed by atoms with E-state index in [1.54, 1.807) is 38.3 Å². The molecule has 3 aromatic rings. The number of methoxy groups -OCH3 is 1. The third-order valence-corrected chi connectivity index (χ3v) is 4.69. The summed E-state index contributed by atoms with van der Waals surface area (Å²) in [4.78, 5) is 28.1. The van der Waals surface area contributed by atoms with E-state index in [1.807, 2.05) is 18.2 Å². The minimum Gasteiger partial charge on any atom is -0.497 e. The van der Waals surface area contributed by atoms with Crippen LogP contribution in [-0.4, -0.2) is 23.9 Å². The molecule has 0 aliphatic rings. The van der Waals surface area contributed by atoms with Gasteiger partial charge in [-0.2, -0.15) is 0 Å². The molecule has 26 heavy (non-hydrogen) atoms. The van der Waals surface area contributed by atoms with Crippen molar-refractivity contribution in [3.05, 3.63) is 48.0 Å². The SMILES string of the molecule is CCC(=O)Nc1nc2ccc(CC(=O)Nc3ccc(OC)cc3)cc2s1. The number of amides is 2. The highest BCUT2D eigenvalue weighted by Crippen LogP contribution is 2.27. The second kappa shape index (κ2) is 7.97. The molecule has 1 aromatic heterocycles. The molecule has 2 aromatic carbocycles. The van der Waals surface area contributed by atoms with Crippen LogP contribution >= 0.6 is 11.3 Å². The summed E-state index contributed by atoms with van der Waals surface area (Å²) in [6, 6.07) is 12.9. The van der Waals surface area contributed by atoms with Gasteiger partial charge in [0.1, 0.15) is 5.75 Å². The van der Waals surface area contributed by atoms with E-state index in [1.165, 1.54) is 11.3 Å². The standard InChI is InChI=1S/C19H19N3O3S/c1-3-17(23)22-19-21-15-9-4-12(10-16(15)26-19)11-18(24)20-13-5-7-14(25-2)8-6-13/h4-10H,3,11H2,1-2H3,(H,20,24)(H,21,22,23). The third kappa shape index (κ3) is 4.37. The maximum atomic E-state index is 12.3. The number of anilines is 2. The zero-order chi connectivity index (χ0) is 18.5. The van der Waals surface area contributed by atoms with Gasteiger partial charge in [0, 0.05) is 12.1 Å². The average Bonchev–Trinajstić information content (AvgIpc) is 3.03. The van der Waals surface area contributed by atoms with Gasteiger partial charge < -0.3 is 15.4 Å². The van der Waals surface area contributed by atoms with Crippen molar-refractivity contribution in [3.63, 3.8) is 0 Å². The molecule has 2 amide bonds. The summed E-state index contributed by atoms with van der Waals surface area (Å²) in [6.07, 6.45) is 0.670. The molecule has 1 heterocycles. The summed E-state index contributed by atoms with van der Waals surface area (Å²) in [5.41, 5.74) is 2.42. The summed E-state index contributed by atoms with van der Waals surface area (Å²) < 4.78 is 6.04. The second-order valence-corrected chi connectivity index (χ2v) is 6.71. The first-order valence-electron chi connectivity index (χ1n) is 8.20. The Bertz CT molecular complexity index is 935. The van der Waals surface area contributed by atoms with Crippen LogP contribution in [0.5, 0.6) is 5.75 Å². The number of fused-ring (bicyclic) bond motifs is 1. The number of benzene rings is 2. The monoisotopic (exact) mass is 369 g/mol. The zero-order valence-corrected chi connectivity index (χ0v) is 15.4. The van der Waals surface area contributed by atoms with E-state index >= 15 is 0 Å². The van der Waals surface area contributed by atoms with Gasteiger partial charge in [0.05, 0.1) is 23.7 Å². The Morgan fingerprint density at radius 3 is 2.54 bits per heavy atom. The molecule has 6 nitrogen and oxygen atoms in total. The zero-order valence-electron chi connectivity index (χ0n) is 14.5. The number of thiazole rings is 1. The first-order chi connectivity index (χ1) is 12.6.